The molecule has 0 bridgehead atoms. The van der Waals surface area contributed by atoms with Crippen molar-refractivity contribution in [1.29, 1.82) is 0 Å². The second kappa shape index (κ2) is 7.32. The van der Waals surface area contributed by atoms with Gasteiger partial charge < -0.3 is 19.8 Å². The Morgan fingerprint density at radius 3 is 2.75 bits per heavy atom. The molecular weight excluding hydrogens is 352 g/mol. The van der Waals surface area contributed by atoms with E-state index in [1.807, 2.05) is 48.5 Å². The maximum atomic E-state index is 13.1. The number of nitrogens with one attached hydrogen (secondary N) is 2. The molecule has 2 aromatic carbocycles. The summed E-state index contributed by atoms with van der Waals surface area (Å²) in [6, 6.07) is 16.0. The van der Waals surface area contributed by atoms with Crippen molar-refractivity contribution < 1.29 is 13.9 Å². The Bertz CT molecular complexity index is 986. The lowest BCUT2D eigenvalue weighted by atomic mass is 10.1. The van der Waals surface area contributed by atoms with Crippen molar-refractivity contribution in [3.8, 4) is 5.75 Å². The molecule has 28 heavy (non-hydrogen) atoms. The molecule has 2 N–H and O–H groups in total. The van der Waals surface area contributed by atoms with Crippen molar-refractivity contribution in [3.05, 3.63) is 65.4 Å². The third-order valence-electron chi connectivity index (χ3n) is 5.51. The van der Waals surface area contributed by atoms with Gasteiger partial charge in [-0.2, -0.15) is 0 Å². The summed E-state index contributed by atoms with van der Waals surface area (Å²) in [6.45, 7) is 2.27. The Morgan fingerprint density at radius 1 is 1.14 bits per heavy atom. The van der Waals surface area contributed by atoms with Gasteiger partial charge in [0.1, 0.15) is 23.7 Å². The quantitative estimate of drug-likeness (QED) is 0.683. The van der Waals surface area contributed by atoms with Crippen molar-refractivity contribution in [2.45, 2.75) is 37.8 Å². The Morgan fingerprint density at radius 2 is 2.00 bits per heavy atom. The number of ether oxygens (including phenoxy) is 1. The number of furan rings is 1. The number of benzene rings is 2. The zero-order chi connectivity index (χ0) is 18.9. The number of hydrogen-bond donors (Lipinski definition) is 2. The highest BCUT2D eigenvalue weighted by atomic mass is 16.5. The molecule has 0 spiro atoms. The van der Waals surface area contributed by atoms with Gasteiger partial charge in [-0.3, -0.25) is 4.79 Å². The summed E-state index contributed by atoms with van der Waals surface area (Å²) in [5, 5.41) is 7.31. The maximum Gasteiger partial charge on any atom is 0.255 e. The van der Waals surface area contributed by atoms with Crippen LogP contribution in [-0.4, -0.2) is 25.0 Å². The molecule has 144 valence electrons. The number of rotatable bonds is 6. The lowest BCUT2D eigenvalue weighted by Gasteiger charge is -2.11. The Kier molecular flexibility index (Phi) is 4.53. The fraction of sp³-hybridized carbons (Fsp3) is 0.348. The minimum absolute atomic E-state index is 0.0328. The van der Waals surface area contributed by atoms with Gasteiger partial charge in [-0.1, -0.05) is 30.3 Å². The van der Waals surface area contributed by atoms with Gasteiger partial charge in [0.2, 0.25) is 0 Å². The zero-order valence-corrected chi connectivity index (χ0v) is 15.7. The molecule has 1 saturated heterocycles. The second-order valence-corrected chi connectivity index (χ2v) is 7.71. The summed E-state index contributed by atoms with van der Waals surface area (Å²) < 4.78 is 12.1. The molecular formula is C23H24N2O3. The summed E-state index contributed by atoms with van der Waals surface area (Å²) in [6.07, 6.45) is 3.14. The fourth-order valence-electron chi connectivity index (χ4n) is 3.83. The van der Waals surface area contributed by atoms with E-state index in [0.29, 0.717) is 18.1 Å². The first-order valence-corrected chi connectivity index (χ1v) is 10.0. The number of hydrogen-bond acceptors (Lipinski definition) is 4. The van der Waals surface area contributed by atoms with Crippen LogP contribution in [0.3, 0.4) is 0 Å². The third kappa shape index (κ3) is 3.50. The van der Waals surface area contributed by atoms with Crippen LogP contribution in [0.1, 0.15) is 46.9 Å². The molecule has 1 aliphatic carbocycles. The molecule has 5 rings (SSSR count). The topological polar surface area (TPSA) is 63.5 Å². The number of carbonyl (C=O) groups excluding carboxylic acids is 1. The number of amides is 1. The first-order valence-electron chi connectivity index (χ1n) is 10.0. The maximum absolute atomic E-state index is 13.1. The number of fused-ring (bicyclic) bond motifs is 1. The molecule has 1 atom stereocenters. The van der Waals surface area contributed by atoms with E-state index >= 15 is 0 Å². The summed E-state index contributed by atoms with van der Waals surface area (Å²) in [5.74, 6) is 1.91. The van der Waals surface area contributed by atoms with Crippen LogP contribution >= 0.6 is 0 Å². The smallest absolute Gasteiger partial charge is 0.255 e. The van der Waals surface area contributed by atoms with Crippen LogP contribution in [0.5, 0.6) is 5.75 Å². The zero-order valence-electron chi connectivity index (χ0n) is 15.7. The van der Waals surface area contributed by atoms with Crippen LogP contribution in [0.4, 0.5) is 0 Å². The van der Waals surface area contributed by atoms with E-state index in [9.17, 15) is 4.79 Å². The van der Waals surface area contributed by atoms with Crippen LogP contribution in [0.2, 0.25) is 0 Å². The van der Waals surface area contributed by atoms with Crippen LogP contribution in [0, 0.1) is 0 Å². The average Bonchev–Trinajstić information content (AvgIpc) is 3.31. The van der Waals surface area contributed by atoms with E-state index in [-0.39, 0.29) is 11.9 Å². The van der Waals surface area contributed by atoms with Crippen LogP contribution in [0.15, 0.2) is 52.9 Å². The van der Waals surface area contributed by atoms with Crippen LogP contribution in [-0.2, 0) is 6.61 Å². The molecule has 1 unspecified atom stereocenters. The molecule has 5 nitrogen and oxygen atoms in total. The van der Waals surface area contributed by atoms with E-state index in [0.717, 1.165) is 60.4 Å². The van der Waals surface area contributed by atoms with E-state index in [2.05, 4.69) is 10.6 Å². The van der Waals surface area contributed by atoms with Crippen LogP contribution < -0.4 is 15.4 Å². The summed E-state index contributed by atoms with van der Waals surface area (Å²) in [5.41, 5.74) is 2.55. The van der Waals surface area contributed by atoms with Gasteiger partial charge in [-0.25, -0.2) is 0 Å². The normalized spacial score (nSPS) is 19.1. The Hall–Kier alpha value is -2.79. The van der Waals surface area contributed by atoms with Gasteiger partial charge >= 0.3 is 0 Å². The van der Waals surface area contributed by atoms with Crippen molar-refractivity contribution in [2.75, 3.05) is 13.1 Å². The highest BCUT2D eigenvalue weighted by molar-refractivity contribution is 6.08. The minimum atomic E-state index is -0.0328. The molecule has 2 aliphatic rings. The van der Waals surface area contributed by atoms with Gasteiger partial charge in [-0.15, -0.1) is 0 Å². The van der Waals surface area contributed by atoms with Crippen molar-refractivity contribution in [2.24, 2.45) is 0 Å². The highest BCUT2D eigenvalue weighted by Gasteiger charge is 2.34. The average molecular weight is 376 g/mol. The first-order chi connectivity index (χ1) is 13.8. The van der Waals surface area contributed by atoms with Gasteiger partial charge in [-0.05, 0) is 49.6 Å². The van der Waals surface area contributed by atoms with E-state index in [1.54, 1.807) is 0 Å². The van der Waals surface area contributed by atoms with Gasteiger partial charge in [0.25, 0.3) is 5.91 Å². The van der Waals surface area contributed by atoms with Gasteiger partial charge in [0.05, 0.1) is 5.56 Å². The van der Waals surface area contributed by atoms with Crippen molar-refractivity contribution in [1.82, 2.24) is 10.6 Å². The molecule has 1 aliphatic heterocycles. The predicted octanol–water partition coefficient (Wildman–Crippen LogP) is 3.98. The van der Waals surface area contributed by atoms with Gasteiger partial charge in [0, 0.05) is 23.9 Å². The summed E-state index contributed by atoms with van der Waals surface area (Å²) >= 11 is 0. The fourth-order valence-corrected chi connectivity index (χ4v) is 3.83. The van der Waals surface area contributed by atoms with E-state index < -0.39 is 0 Å². The predicted molar refractivity (Wildman–Crippen MR) is 108 cm³/mol. The summed E-state index contributed by atoms with van der Waals surface area (Å²) in [7, 11) is 0. The molecule has 0 radical (unpaired) electrons. The minimum Gasteiger partial charge on any atom is -0.489 e. The lowest BCUT2D eigenvalue weighted by molar-refractivity contribution is 0.0939. The van der Waals surface area contributed by atoms with E-state index in [4.69, 9.17) is 9.15 Å². The highest BCUT2D eigenvalue weighted by Crippen LogP contribution is 2.45. The molecule has 2 fully saturated rings. The van der Waals surface area contributed by atoms with Crippen molar-refractivity contribution >= 4 is 16.9 Å². The molecule has 1 amide bonds. The van der Waals surface area contributed by atoms with Gasteiger partial charge in [0.15, 0.2) is 0 Å². The lowest BCUT2D eigenvalue weighted by Crippen LogP contribution is -2.36. The van der Waals surface area contributed by atoms with E-state index in [1.165, 1.54) is 0 Å². The molecule has 3 aromatic rings. The Balaban J connectivity index is 1.44. The molecule has 1 saturated carbocycles. The number of carbonyl (C=O) groups is 1. The second-order valence-electron chi connectivity index (χ2n) is 7.71. The summed E-state index contributed by atoms with van der Waals surface area (Å²) in [4.78, 5) is 13.1. The molecule has 1 aromatic heterocycles. The van der Waals surface area contributed by atoms with Crippen molar-refractivity contribution in [3.63, 3.8) is 0 Å². The first kappa shape index (κ1) is 17.3. The van der Waals surface area contributed by atoms with Crippen LogP contribution in [0.25, 0.3) is 11.0 Å². The standard InChI is InChI=1S/C23H24N2O3/c26-23(25-17-10-11-24-13-17)21-19-12-18(27-14-15-4-2-1-3-5-15)8-9-20(19)28-22(21)16-6-7-16/h1-5,8-9,12,16-17,24H,6-7,10-11,13-14H2,(H,25,26). The third-order valence-corrected chi connectivity index (χ3v) is 5.51. The largest absolute Gasteiger partial charge is 0.489 e. The Labute approximate surface area is 164 Å². The molecule has 2 heterocycles. The monoisotopic (exact) mass is 376 g/mol. The molecule has 5 heteroatoms. The SMILES string of the molecule is O=C(NC1CCNC1)c1c(C2CC2)oc2ccc(OCc3ccccc3)cc12.